The third kappa shape index (κ3) is 2.38. The largest absolute Gasteiger partial charge is 0.444 e. The molecule has 2 bridgehead atoms. The van der Waals surface area contributed by atoms with Crippen molar-refractivity contribution < 1.29 is 4.42 Å². The normalized spacial score (nSPS) is 31.9. The highest BCUT2D eigenvalue weighted by atomic mass is 16.4. The molecule has 0 aliphatic carbocycles. The van der Waals surface area contributed by atoms with Crippen molar-refractivity contribution in [2.45, 2.75) is 38.8 Å². The van der Waals surface area contributed by atoms with E-state index in [1.54, 1.807) is 0 Å². The summed E-state index contributed by atoms with van der Waals surface area (Å²) in [7, 11) is 0. The number of aryl methyl sites for hydroxylation is 1. The van der Waals surface area contributed by atoms with Gasteiger partial charge in [0.15, 0.2) is 0 Å². The minimum absolute atomic E-state index is 0.658. The molecular formula is C13H21N3O. The summed E-state index contributed by atoms with van der Waals surface area (Å²) in [6.45, 7) is 6.69. The van der Waals surface area contributed by atoms with Gasteiger partial charge in [-0.3, -0.25) is 0 Å². The van der Waals surface area contributed by atoms with Crippen LogP contribution in [0.5, 0.6) is 0 Å². The second-order valence-electron chi connectivity index (χ2n) is 5.20. The Morgan fingerprint density at radius 1 is 1.47 bits per heavy atom. The number of piperidine rings is 1. The van der Waals surface area contributed by atoms with E-state index in [4.69, 9.17) is 4.42 Å². The summed E-state index contributed by atoms with van der Waals surface area (Å²) in [6.07, 6.45) is 5.39. The number of aromatic nitrogens is 1. The molecule has 94 valence electrons. The highest BCUT2D eigenvalue weighted by molar-refractivity contribution is 4.95. The van der Waals surface area contributed by atoms with Crippen molar-refractivity contribution in [3.8, 4) is 0 Å². The van der Waals surface area contributed by atoms with Gasteiger partial charge in [0.1, 0.15) is 5.76 Å². The van der Waals surface area contributed by atoms with Crippen molar-refractivity contribution in [1.29, 1.82) is 0 Å². The Kier molecular flexibility index (Phi) is 3.16. The van der Waals surface area contributed by atoms with Crippen LogP contribution >= 0.6 is 0 Å². The van der Waals surface area contributed by atoms with Crippen molar-refractivity contribution in [3.63, 3.8) is 0 Å². The van der Waals surface area contributed by atoms with E-state index in [1.165, 1.54) is 32.5 Å². The van der Waals surface area contributed by atoms with Gasteiger partial charge in [0.05, 0.1) is 12.7 Å². The minimum atomic E-state index is 0.658. The lowest BCUT2D eigenvalue weighted by Gasteiger charge is -2.30. The third-order valence-corrected chi connectivity index (χ3v) is 4.10. The summed E-state index contributed by atoms with van der Waals surface area (Å²) in [4.78, 5) is 6.87. The maximum Gasteiger partial charge on any atom is 0.208 e. The molecule has 2 saturated heterocycles. The molecule has 0 aromatic carbocycles. The van der Waals surface area contributed by atoms with Crippen LogP contribution < -0.4 is 5.32 Å². The molecule has 1 N–H and O–H groups in total. The van der Waals surface area contributed by atoms with Crippen LogP contribution in [0, 0.1) is 5.92 Å². The van der Waals surface area contributed by atoms with Gasteiger partial charge in [-0.25, -0.2) is 4.98 Å². The van der Waals surface area contributed by atoms with Gasteiger partial charge in [0, 0.05) is 19.0 Å². The second kappa shape index (κ2) is 4.78. The van der Waals surface area contributed by atoms with Gasteiger partial charge in [-0.15, -0.1) is 0 Å². The lowest BCUT2D eigenvalue weighted by molar-refractivity contribution is 0.216. The van der Waals surface area contributed by atoms with Crippen LogP contribution in [0.4, 0.5) is 0 Å². The van der Waals surface area contributed by atoms with Crippen LogP contribution in [0.25, 0.3) is 0 Å². The fourth-order valence-electron chi connectivity index (χ4n) is 3.03. The van der Waals surface area contributed by atoms with E-state index in [1.807, 2.05) is 6.20 Å². The molecule has 0 spiro atoms. The van der Waals surface area contributed by atoms with E-state index in [-0.39, 0.29) is 0 Å². The van der Waals surface area contributed by atoms with E-state index in [0.717, 1.165) is 30.5 Å². The average Bonchev–Trinajstić information content (AvgIpc) is 2.96. The monoisotopic (exact) mass is 235 g/mol. The summed E-state index contributed by atoms with van der Waals surface area (Å²) in [5.41, 5.74) is 0. The van der Waals surface area contributed by atoms with Crippen molar-refractivity contribution in [1.82, 2.24) is 15.2 Å². The zero-order valence-electron chi connectivity index (χ0n) is 10.5. The molecule has 4 nitrogen and oxygen atoms in total. The summed E-state index contributed by atoms with van der Waals surface area (Å²) in [6, 6.07) is 0.658. The highest BCUT2D eigenvalue weighted by Crippen LogP contribution is 2.27. The maximum absolute atomic E-state index is 5.62. The number of fused-ring (bicyclic) bond motifs is 2. The van der Waals surface area contributed by atoms with Gasteiger partial charge in [-0.1, -0.05) is 6.92 Å². The molecule has 3 rings (SSSR count). The van der Waals surface area contributed by atoms with Crippen molar-refractivity contribution in [2.75, 3.05) is 19.6 Å². The first-order valence-electron chi connectivity index (χ1n) is 6.74. The zero-order valence-corrected chi connectivity index (χ0v) is 10.5. The van der Waals surface area contributed by atoms with Crippen LogP contribution in [0.2, 0.25) is 0 Å². The molecule has 2 aliphatic rings. The Bertz CT molecular complexity index is 376. The predicted octanol–water partition coefficient (Wildman–Crippen LogP) is 1.42. The molecule has 3 atom stereocenters. The summed E-state index contributed by atoms with van der Waals surface area (Å²) in [5, 5.41) is 3.62. The Balaban J connectivity index is 1.53. The molecule has 0 amide bonds. The molecule has 2 aliphatic heterocycles. The number of oxazole rings is 1. The van der Waals surface area contributed by atoms with Gasteiger partial charge >= 0.3 is 0 Å². The Hall–Kier alpha value is -0.870. The van der Waals surface area contributed by atoms with Gasteiger partial charge in [-0.2, -0.15) is 0 Å². The first-order valence-corrected chi connectivity index (χ1v) is 6.74. The van der Waals surface area contributed by atoms with Gasteiger partial charge < -0.3 is 14.6 Å². The molecule has 17 heavy (non-hydrogen) atoms. The van der Waals surface area contributed by atoms with Crippen LogP contribution in [-0.4, -0.2) is 35.6 Å². The van der Waals surface area contributed by atoms with Crippen LogP contribution in [-0.2, 0) is 13.0 Å². The fourth-order valence-corrected chi connectivity index (χ4v) is 3.03. The predicted molar refractivity (Wildman–Crippen MR) is 65.7 cm³/mol. The smallest absolute Gasteiger partial charge is 0.208 e. The third-order valence-electron chi connectivity index (χ3n) is 4.10. The number of hydrogen-bond acceptors (Lipinski definition) is 4. The number of nitrogens with zero attached hydrogens (tertiary/aromatic N) is 2. The Morgan fingerprint density at radius 3 is 3.18 bits per heavy atom. The van der Waals surface area contributed by atoms with Crippen molar-refractivity contribution in [2.24, 2.45) is 5.92 Å². The minimum Gasteiger partial charge on any atom is -0.444 e. The van der Waals surface area contributed by atoms with Crippen molar-refractivity contribution in [3.05, 3.63) is 17.8 Å². The summed E-state index contributed by atoms with van der Waals surface area (Å²) >= 11 is 0. The van der Waals surface area contributed by atoms with Crippen LogP contribution in [0.1, 0.15) is 31.4 Å². The summed E-state index contributed by atoms with van der Waals surface area (Å²) in [5.74, 6) is 2.66. The quantitative estimate of drug-likeness (QED) is 0.857. The molecule has 3 heterocycles. The lowest BCUT2D eigenvalue weighted by atomic mass is 9.94. The number of rotatable bonds is 4. The van der Waals surface area contributed by atoms with Crippen LogP contribution in [0.3, 0.4) is 0 Å². The first-order chi connectivity index (χ1) is 8.35. The Labute approximate surface area is 102 Å². The van der Waals surface area contributed by atoms with Gasteiger partial charge in [0.25, 0.3) is 0 Å². The molecule has 1 aromatic heterocycles. The Morgan fingerprint density at radius 2 is 2.35 bits per heavy atom. The first kappa shape index (κ1) is 11.2. The van der Waals surface area contributed by atoms with Gasteiger partial charge in [0.2, 0.25) is 5.89 Å². The molecule has 3 unspecified atom stereocenters. The zero-order chi connectivity index (χ0) is 11.7. The fraction of sp³-hybridized carbons (Fsp3) is 0.769. The van der Waals surface area contributed by atoms with E-state index in [0.29, 0.717) is 6.04 Å². The van der Waals surface area contributed by atoms with E-state index in [2.05, 4.69) is 22.1 Å². The van der Waals surface area contributed by atoms with Crippen molar-refractivity contribution >= 4 is 0 Å². The second-order valence-corrected chi connectivity index (χ2v) is 5.20. The maximum atomic E-state index is 5.62. The van der Waals surface area contributed by atoms with E-state index in [9.17, 15) is 0 Å². The number of nitrogens with one attached hydrogen (secondary N) is 1. The summed E-state index contributed by atoms with van der Waals surface area (Å²) < 4.78 is 5.62. The van der Waals surface area contributed by atoms with E-state index < -0.39 is 0 Å². The molecular weight excluding hydrogens is 214 g/mol. The van der Waals surface area contributed by atoms with Gasteiger partial charge in [-0.05, 0) is 31.8 Å². The van der Waals surface area contributed by atoms with Crippen LogP contribution in [0.15, 0.2) is 10.6 Å². The molecule has 1 aromatic rings. The molecule has 2 fully saturated rings. The topological polar surface area (TPSA) is 41.3 Å². The lowest BCUT2D eigenvalue weighted by Crippen LogP contribution is -2.43. The standard InChI is InChI=1S/C13H21N3O/c1-2-11-7-15-13(17-11)8-14-12-4-6-16-5-3-10(12)9-16/h7,10,12,14H,2-6,8-9H2,1H3. The molecule has 0 saturated carbocycles. The molecule has 0 radical (unpaired) electrons. The average molecular weight is 235 g/mol. The molecule has 4 heteroatoms. The highest BCUT2D eigenvalue weighted by Gasteiger charge is 2.33. The SMILES string of the molecule is CCc1cnc(CNC2CCN3CCC2C3)o1. The van der Waals surface area contributed by atoms with E-state index >= 15 is 0 Å². The number of hydrogen-bond donors (Lipinski definition) is 1.